The fourth-order valence-corrected chi connectivity index (χ4v) is 2.06. The number of anilines is 1. The lowest BCUT2D eigenvalue weighted by molar-refractivity contribution is -0.119. The minimum absolute atomic E-state index is 0.187. The van der Waals surface area contributed by atoms with Crippen LogP contribution in [0.4, 0.5) is 5.69 Å². The lowest BCUT2D eigenvalue weighted by Gasteiger charge is -2.23. The number of carbonyl (C=O) groups excluding carboxylic acids is 1. The predicted octanol–water partition coefficient (Wildman–Crippen LogP) is 2.43. The van der Waals surface area contributed by atoms with Crippen molar-refractivity contribution in [2.24, 2.45) is 11.7 Å². The molecule has 1 aromatic rings. The van der Waals surface area contributed by atoms with Crippen LogP contribution in [-0.2, 0) is 4.79 Å². The van der Waals surface area contributed by atoms with E-state index in [1.807, 2.05) is 24.3 Å². The van der Waals surface area contributed by atoms with Crippen LogP contribution in [0, 0.1) is 5.92 Å². The number of nitrogens with zero attached hydrogens (tertiary/aromatic N) is 1. The lowest BCUT2D eigenvalue weighted by atomic mass is 10.2. The number of nitrogens with two attached hydrogens (primary N) is 1. The second-order valence-electron chi connectivity index (χ2n) is 4.36. The van der Waals surface area contributed by atoms with Gasteiger partial charge in [-0.25, -0.2) is 0 Å². The van der Waals surface area contributed by atoms with E-state index in [4.69, 9.17) is 17.3 Å². The molecule has 4 heteroatoms. The SMILES string of the molecule is NCCCN(C(=O)C1CC1)c1ccccc1Cl. The van der Waals surface area contributed by atoms with E-state index in [0.29, 0.717) is 18.1 Å². The van der Waals surface area contributed by atoms with Crippen molar-refractivity contribution < 1.29 is 4.79 Å². The second-order valence-corrected chi connectivity index (χ2v) is 4.76. The molecular formula is C13H17ClN2O. The summed E-state index contributed by atoms with van der Waals surface area (Å²) >= 11 is 6.14. The highest BCUT2D eigenvalue weighted by Gasteiger charge is 2.34. The van der Waals surface area contributed by atoms with Gasteiger partial charge in [-0.3, -0.25) is 4.79 Å². The molecule has 92 valence electrons. The maximum atomic E-state index is 12.2. The van der Waals surface area contributed by atoms with Crippen LogP contribution >= 0.6 is 11.6 Å². The van der Waals surface area contributed by atoms with Crippen LogP contribution in [0.2, 0.25) is 5.02 Å². The molecule has 1 aromatic carbocycles. The van der Waals surface area contributed by atoms with E-state index < -0.39 is 0 Å². The summed E-state index contributed by atoms with van der Waals surface area (Å²) in [5.41, 5.74) is 6.32. The van der Waals surface area contributed by atoms with E-state index >= 15 is 0 Å². The topological polar surface area (TPSA) is 46.3 Å². The standard InChI is InChI=1S/C13H17ClN2O/c14-11-4-1-2-5-12(11)16(9-3-8-15)13(17)10-6-7-10/h1-2,4-5,10H,3,6-9,15H2. The first-order valence-corrected chi connectivity index (χ1v) is 6.38. The summed E-state index contributed by atoms with van der Waals surface area (Å²) < 4.78 is 0. The van der Waals surface area contributed by atoms with Crippen molar-refractivity contribution >= 4 is 23.2 Å². The normalized spacial score (nSPS) is 14.7. The molecule has 1 saturated carbocycles. The summed E-state index contributed by atoms with van der Waals surface area (Å²) in [7, 11) is 0. The van der Waals surface area contributed by atoms with Gasteiger partial charge >= 0.3 is 0 Å². The van der Waals surface area contributed by atoms with E-state index in [-0.39, 0.29) is 11.8 Å². The van der Waals surface area contributed by atoms with Gasteiger partial charge in [-0.1, -0.05) is 23.7 Å². The fraction of sp³-hybridized carbons (Fsp3) is 0.462. The summed E-state index contributed by atoms with van der Waals surface area (Å²) in [6.07, 6.45) is 2.80. The van der Waals surface area contributed by atoms with E-state index in [2.05, 4.69) is 0 Å². The van der Waals surface area contributed by atoms with Crippen LogP contribution < -0.4 is 10.6 Å². The van der Waals surface area contributed by atoms with Crippen molar-refractivity contribution in [2.75, 3.05) is 18.0 Å². The maximum absolute atomic E-state index is 12.2. The van der Waals surface area contributed by atoms with E-state index in [1.165, 1.54) is 0 Å². The third-order valence-electron chi connectivity index (χ3n) is 2.92. The van der Waals surface area contributed by atoms with E-state index in [1.54, 1.807) is 4.90 Å². The number of amides is 1. The predicted molar refractivity (Wildman–Crippen MR) is 70.2 cm³/mol. The number of carbonyl (C=O) groups is 1. The zero-order valence-corrected chi connectivity index (χ0v) is 10.5. The Bertz CT molecular complexity index is 404. The molecule has 1 aliphatic rings. The Morgan fingerprint density at radius 3 is 2.71 bits per heavy atom. The van der Waals surface area contributed by atoms with Gasteiger partial charge < -0.3 is 10.6 Å². The third kappa shape index (κ3) is 2.99. The van der Waals surface area contributed by atoms with Crippen LogP contribution in [0.3, 0.4) is 0 Å². The molecule has 0 bridgehead atoms. The van der Waals surface area contributed by atoms with Gasteiger partial charge in [0.2, 0.25) is 5.91 Å². The van der Waals surface area contributed by atoms with Crippen molar-refractivity contribution in [2.45, 2.75) is 19.3 Å². The minimum atomic E-state index is 0.187. The second kappa shape index (κ2) is 5.52. The third-order valence-corrected chi connectivity index (χ3v) is 3.24. The van der Waals surface area contributed by atoms with Gasteiger partial charge in [-0.15, -0.1) is 0 Å². The van der Waals surface area contributed by atoms with Crippen molar-refractivity contribution in [3.8, 4) is 0 Å². The average Bonchev–Trinajstić information content (AvgIpc) is 3.15. The highest BCUT2D eigenvalue weighted by molar-refractivity contribution is 6.33. The summed E-state index contributed by atoms with van der Waals surface area (Å²) in [4.78, 5) is 14.0. The Labute approximate surface area is 107 Å². The van der Waals surface area contributed by atoms with Crippen LogP contribution in [0.1, 0.15) is 19.3 Å². The number of benzene rings is 1. The summed E-state index contributed by atoms with van der Waals surface area (Å²) in [6, 6.07) is 7.47. The molecular weight excluding hydrogens is 236 g/mol. The van der Waals surface area contributed by atoms with E-state index in [9.17, 15) is 4.79 Å². The number of para-hydroxylation sites is 1. The molecule has 0 radical (unpaired) electrons. The van der Waals surface area contributed by atoms with Gasteiger partial charge in [0.1, 0.15) is 0 Å². The zero-order valence-electron chi connectivity index (χ0n) is 9.73. The van der Waals surface area contributed by atoms with Crippen molar-refractivity contribution in [3.05, 3.63) is 29.3 Å². The Hall–Kier alpha value is -1.06. The van der Waals surface area contributed by atoms with Crippen LogP contribution in [0.5, 0.6) is 0 Å². The molecule has 1 fully saturated rings. The molecule has 1 aliphatic carbocycles. The van der Waals surface area contributed by atoms with E-state index in [0.717, 1.165) is 24.9 Å². The summed E-state index contributed by atoms with van der Waals surface area (Å²) in [6.45, 7) is 1.23. The molecule has 3 nitrogen and oxygen atoms in total. The molecule has 0 aromatic heterocycles. The molecule has 0 heterocycles. The van der Waals surface area contributed by atoms with Crippen LogP contribution in [0.25, 0.3) is 0 Å². The van der Waals surface area contributed by atoms with Gasteiger partial charge in [0.15, 0.2) is 0 Å². The Kier molecular flexibility index (Phi) is 4.02. The van der Waals surface area contributed by atoms with Crippen molar-refractivity contribution in [1.82, 2.24) is 0 Å². The molecule has 2 N–H and O–H groups in total. The molecule has 0 spiro atoms. The number of hydrogen-bond acceptors (Lipinski definition) is 2. The molecule has 1 amide bonds. The molecule has 2 rings (SSSR count). The molecule has 0 saturated heterocycles. The Morgan fingerprint density at radius 2 is 2.12 bits per heavy atom. The number of halogens is 1. The first kappa shape index (κ1) is 12.4. The monoisotopic (exact) mass is 252 g/mol. The Morgan fingerprint density at radius 1 is 1.41 bits per heavy atom. The fourth-order valence-electron chi connectivity index (χ4n) is 1.82. The maximum Gasteiger partial charge on any atom is 0.230 e. The number of hydrogen-bond donors (Lipinski definition) is 1. The van der Waals surface area contributed by atoms with Crippen LogP contribution in [0.15, 0.2) is 24.3 Å². The Balaban J connectivity index is 2.19. The summed E-state index contributed by atoms with van der Waals surface area (Å²) in [5.74, 6) is 0.385. The smallest absolute Gasteiger partial charge is 0.230 e. The van der Waals surface area contributed by atoms with Gasteiger partial charge in [-0.05, 0) is 37.9 Å². The zero-order chi connectivity index (χ0) is 12.3. The summed E-state index contributed by atoms with van der Waals surface area (Å²) in [5, 5.41) is 0.624. The lowest BCUT2D eigenvalue weighted by Crippen LogP contribution is -2.34. The quantitative estimate of drug-likeness (QED) is 0.875. The highest BCUT2D eigenvalue weighted by Crippen LogP contribution is 2.34. The first-order chi connectivity index (χ1) is 8.24. The van der Waals surface area contributed by atoms with Crippen molar-refractivity contribution in [3.63, 3.8) is 0 Å². The van der Waals surface area contributed by atoms with Crippen LogP contribution in [-0.4, -0.2) is 19.0 Å². The average molecular weight is 253 g/mol. The van der Waals surface area contributed by atoms with Gasteiger partial charge in [0, 0.05) is 12.5 Å². The molecule has 17 heavy (non-hydrogen) atoms. The molecule has 0 unspecified atom stereocenters. The van der Waals surface area contributed by atoms with Crippen molar-refractivity contribution in [1.29, 1.82) is 0 Å². The highest BCUT2D eigenvalue weighted by atomic mass is 35.5. The largest absolute Gasteiger partial charge is 0.330 e. The van der Waals surface area contributed by atoms with Gasteiger partial charge in [0.25, 0.3) is 0 Å². The first-order valence-electron chi connectivity index (χ1n) is 6.00. The molecule has 0 atom stereocenters. The number of rotatable bonds is 5. The molecule has 0 aliphatic heterocycles. The minimum Gasteiger partial charge on any atom is -0.330 e. The van der Waals surface area contributed by atoms with Gasteiger partial charge in [0.05, 0.1) is 10.7 Å². The van der Waals surface area contributed by atoms with Gasteiger partial charge in [-0.2, -0.15) is 0 Å².